The first-order valence-corrected chi connectivity index (χ1v) is 5.13. The Balaban J connectivity index is 4.53. The third-order valence-electron chi connectivity index (χ3n) is 2.24. The topological polar surface area (TPSA) is 102 Å². The SMILES string of the molecule is COC(=O)[C@@H](NC(=O)[C@@H](N)[C@@H](C)O)C(C)C. The summed E-state index contributed by atoms with van der Waals surface area (Å²) in [7, 11) is 1.25. The second-order valence-corrected chi connectivity index (χ2v) is 4.02. The van der Waals surface area contributed by atoms with Gasteiger partial charge in [0.2, 0.25) is 5.91 Å². The van der Waals surface area contributed by atoms with Crippen LogP contribution in [0.1, 0.15) is 20.8 Å². The molecule has 3 atom stereocenters. The van der Waals surface area contributed by atoms with Crippen molar-refractivity contribution in [3.8, 4) is 0 Å². The highest BCUT2D eigenvalue weighted by Gasteiger charge is 2.28. The van der Waals surface area contributed by atoms with E-state index in [0.717, 1.165) is 0 Å². The number of carbonyl (C=O) groups excluding carboxylic acids is 2. The monoisotopic (exact) mass is 232 g/mol. The van der Waals surface area contributed by atoms with Crippen LogP contribution in [0.5, 0.6) is 0 Å². The maximum atomic E-state index is 11.5. The number of nitrogens with two attached hydrogens (primary N) is 1. The molecule has 0 unspecified atom stereocenters. The van der Waals surface area contributed by atoms with E-state index in [4.69, 9.17) is 10.8 Å². The standard InChI is InChI=1S/C10H20N2O4/c1-5(2)8(10(15)16-4)12-9(14)7(11)6(3)13/h5-8,13H,11H2,1-4H3,(H,12,14)/t6-,7+,8+/m1/s1. The van der Waals surface area contributed by atoms with Crippen LogP contribution in [-0.2, 0) is 14.3 Å². The maximum absolute atomic E-state index is 11.5. The molecule has 0 heterocycles. The Morgan fingerprint density at radius 2 is 1.81 bits per heavy atom. The van der Waals surface area contributed by atoms with E-state index in [0.29, 0.717) is 0 Å². The number of nitrogens with one attached hydrogen (secondary N) is 1. The number of carbonyl (C=O) groups is 2. The Labute approximate surface area is 95.1 Å². The highest BCUT2D eigenvalue weighted by Crippen LogP contribution is 2.04. The molecule has 0 fully saturated rings. The first kappa shape index (κ1) is 14.9. The van der Waals surface area contributed by atoms with Gasteiger partial charge in [0, 0.05) is 0 Å². The summed E-state index contributed by atoms with van der Waals surface area (Å²) in [6, 6.07) is -1.80. The number of hydrogen-bond acceptors (Lipinski definition) is 5. The second kappa shape index (κ2) is 6.44. The quantitative estimate of drug-likeness (QED) is 0.528. The zero-order valence-corrected chi connectivity index (χ0v) is 10.1. The van der Waals surface area contributed by atoms with Crippen LogP contribution in [0.2, 0.25) is 0 Å². The number of aliphatic hydroxyl groups excluding tert-OH is 1. The van der Waals surface area contributed by atoms with Crippen LogP contribution >= 0.6 is 0 Å². The predicted octanol–water partition coefficient (Wildman–Crippen LogP) is -0.992. The van der Waals surface area contributed by atoms with E-state index >= 15 is 0 Å². The molecule has 0 rings (SSSR count). The van der Waals surface area contributed by atoms with Crippen molar-refractivity contribution in [3.05, 3.63) is 0 Å². The number of rotatable bonds is 5. The van der Waals surface area contributed by atoms with Gasteiger partial charge in [-0.1, -0.05) is 13.8 Å². The molecule has 16 heavy (non-hydrogen) atoms. The van der Waals surface area contributed by atoms with Gasteiger partial charge in [0.05, 0.1) is 13.2 Å². The van der Waals surface area contributed by atoms with Gasteiger partial charge in [0.1, 0.15) is 12.1 Å². The number of esters is 1. The van der Waals surface area contributed by atoms with Crippen molar-refractivity contribution >= 4 is 11.9 Å². The molecule has 0 aromatic heterocycles. The number of hydrogen-bond donors (Lipinski definition) is 3. The van der Waals surface area contributed by atoms with Gasteiger partial charge < -0.3 is 20.9 Å². The molecule has 0 aromatic carbocycles. The van der Waals surface area contributed by atoms with Crippen molar-refractivity contribution in [2.24, 2.45) is 11.7 Å². The largest absolute Gasteiger partial charge is 0.467 e. The summed E-state index contributed by atoms with van der Waals surface area (Å²) in [4.78, 5) is 22.9. The van der Waals surface area contributed by atoms with Crippen LogP contribution in [0.15, 0.2) is 0 Å². The number of methoxy groups -OCH3 is 1. The fourth-order valence-corrected chi connectivity index (χ4v) is 1.09. The predicted molar refractivity (Wildman–Crippen MR) is 58.4 cm³/mol. The van der Waals surface area contributed by atoms with E-state index < -0.39 is 30.1 Å². The molecular weight excluding hydrogens is 212 g/mol. The van der Waals surface area contributed by atoms with Crippen molar-refractivity contribution < 1.29 is 19.4 Å². The summed E-state index contributed by atoms with van der Waals surface area (Å²) in [6.45, 7) is 4.96. The van der Waals surface area contributed by atoms with Gasteiger partial charge in [-0.05, 0) is 12.8 Å². The first-order valence-electron chi connectivity index (χ1n) is 5.13. The molecule has 94 valence electrons. The molecule has 1 amide bonds. The minimum absolute atomic E-state index is 0.113. The molecule has 0 radical (unpaired) electrons. The highest BCUT2D eigenvalue weighted by atomic mass is 16.5. The van der Waals surface area contributed by atoms with Gasteiger partial charge in [0.15, 0.2) is 0 Å². The second-order valence-electron chi connectivity index (χ2n) is 4.02. The molecular formula is C10H20N2O4. The Kier molecular flexibility index (Phi) is 5.98. The van der Waals surface area contributed by atoms with E-state index in [1.807, 2.05) is 0 Å². The zero-order chi connectivity index (χ0) is 12.9. The Morgan fingerprint density at radius 1 is 1.31 bits per heavy atom. The minimum Gasteiger partial charge on any atom is -0.467 e. The molecule has 0 aliphatic heterocycles. The normalized spacial score (nSPS) is 16.4. The molecule has 4 N–H and O–H groups in total. The molecule has 0 bridgehead atoms. The van der Waals surface area contributed by atoms with Crippen LogP contribution in [0.4, 0.5) is 0 Å². The molecule has 0 spiro atoms. The van der Waals surface area contributed by atoms with Gasteiger partial charge in [-0.2, -0.15) is 0 Å². The fourth-order valence-electron chi connectivity index (χ4n) is 1.09. The van der Waals surface area contributed by atoms with Crippen LogP contribution in [0, 0.1) is 5.92 Å². The van der Waals surface area contributed by atoms with Crippen molar-refractivity contribution in [1.82, 2.24) is 5.32 Å². The minimum atomic E-state index is -1.05. The lowest BCUT2D eigenvalue weighted by molar-refractivity contribution is -0.146. The average Bonchev–Trinajstić information content (AvgIpc) is 2.22. The van der Waals surface area contributed by atoms with Gasteiger partial charge in [0.25, 0.3) is 0 Å². The Morgan fingerprint density at radius 3 is 2.12 bits per heavy atom. The smallest absolute Gasteiger partial charge is 0.328 e. The van der Waals surface area contributed by atoms with Gasteiger partial charge in [-0.15, -0.1) is 0 Å². The van der Waals surface area contributed by atoms with Crippen molar-refractivity contribution in [2.75, 3.05) is 7.11 Å². The molecule has 0 saturated heterocycles. The van der Waals surface area contributed by atoms with E-state index in [-0.39, 0.29) is 5.92 Å². The van der Waals surface area contributed by atoms with Crippen LogP contribution in [0.3, 0.4) is 0 Å². The number of aliphatic hydroxyl groups is 1. The van der Waals surface area contributed by atoms with Crippen molar-refractivity contribution in [2.45, 2.75) is 39.0 Å². The zero-order valence-electron chi connectivity index (χ0n) is 10.1. The molecule has 0 saturated carbocycles. The van der Waals surface area contributed by atoms with E-state index in [2.05, 4.69) is 10.1 Å². The summed E-state index contributed by atoms with van der Waals surface area (Å²) in [5, 5.41) is 11.6. The van der Waals surface area contributed by atoms with Crippen molar-refractivity contribution in [3.63, 3.8) is 0 Å². The van der Waals surface area contributed by atoms with Gasteiger partial charge >= 0.3 is 5.97 Å². The molecule has 6 nitrogen and oxygen atoms in total. The van der Waals surface area contributed by atoms with Crippen LogP contribution in [-0.4, -0.2) is 42.3 Å². The summed E-state index contributed by atoms with van der Waals surface area (Å²) < 4.78 is 4.56. The molecule has 0 aromatic rings. The average molecular weight is 232 g/mol. The van der Waals surface area contributed by atoms with Crippen LogP contribution < -0.4 is 11.1 Å². The lowest BCUT2D eigenvalue weighted by atomic mass is 10.0. The van der Waals surface area contributed by atoms with E-state index in [1.54, 1.807) is 13.8 Å². The fraction of sp³-hybridized carbons (Fsp3) is 0.800. The Hall–Kier alpha value is -1.14. The van der Waals surface area contributed by atoms with Crippen molar-refractivity contribution in [1.29, 1.82) is 0 Å². The molecule has 0 aliphatic carbocycles. The number of ether oxygens (including phenoxy) is 1. The van der Waals surface area contributed by atoms with Gasteiger partial charge in [-0.3, -0.25) is 4.79 Å². The third kappa shape index (κ3) is 4.16. The summed E-state index contributed by atoms with van der Waals surface area (Å²) >= 11 is 0. The lowest BCUT2D eigenvalue weighted by Gasteiger charge is -2.22. The molecule has 0 aliphatic rings. The lowest BCUT2D eigenvalue weighted by Crippen LogP contribution is -2.54. The summed E-state index contributed by atoms with van der Waals surface area (Å²) in [5.41, 5.74) is 5.44. The third-order valence-corrected chi connectivity index (χ3v) is 2.24. The molecule has 6 heteroatoms. The maximum Gasteiger partial charge on any atom is 0.328 e. The summed E-state index contributed by atoms with van der Waals surface area (Å²) in [6.07, 6.45) is -0.967. The highest BCUT2D eigenvalue weighted by molar-refractivity contribution is 5.87. The van der Waals surface area contributed by atoms with E-state index in [9.17, 15) is 9.59 Å². The number of amides is 1. The van der Waals surface area contributed by atoms with E-state index in [1.165, 1.54) is 14.0 Å². The first-order chi connectivity index (χ1) is 7.31. The van der Waals surface area contributed by atoms with Gasteiger partial charge in [-0.25, -0.2) is 4.79 Å². The summed E-state index contributed by atoms with van der Waals surface area (Å²) in [5.74, 6) is -1.21. The van der Waals surface area contributed by atoms with Crippen LogP contribution in [0.25, 0.3) is 0 Å². The Bertz CT molecular complexity index is 253.